The molecule has 1 aliphatic rings. The molecule has 1 saturated heterocycles. The van der Waals surface area contributed by atoms with E-state index in [0.717, 1.165) is 26.1 Å². The molecule has 0 aromatic rings. The zero-order valence-electron chi connectivity index (χ0n) is 7.42. The van der Waals surface area contributed by atoms with Crippen LogP contribution in [0, 0.1) is 11.8 Å². The molecule has 2 nitrogen and oxygen atoms in total. The van der Waals surface area contributed by atoms with Gasteiger partial charge in [0.1, 0.15) is 0 Å². The molecule has 11 heavy (non-hydrogen) atoms. The maximum Gasteiger partial charge on any atom is 0.0566 e. The van der Waals surface area contributed by atoms with Crippen molar-refractivity contribution in [3.05, 3.63) is 0 Å². The molecule has 2 heteroatoms. The summed E-state index contributed by atoms with van der Waals surface area (Å²) in [5, 5.41) is 9.53. The van der Waals surface area contributed by atoms with E-state index in [9.17, 15) is 5.11 Å². The van der Waals surface area contributed by atoms with Gasteiger partial charge in [0.05, 0.1) is 6.10 Å². The van der Waals surface area contributed by atoms with Gasteiger partial charge < -0.3 is 9.84 Å². The Hall–Kier alpha value is -0.0800. The quantitative estimate of drug-likeness (QED) is 0.673. The Morgan fingerprint density at radius 2 is 2.27 bits per heavy atom. The standard InChI is InChI=1S/C9H18O2/c1-7(2)9(10)5-8-3-4-11-6-8/h7-10H,3-6H2,1-2H3. The highest BCUT2D eigenvalue weighted by molar-refractivity contribution is 4.70. The smallest absolute Gasteiger partial charge is 0.0566 e. The van der Waals surface area contributed by atoms with E-state index in [-0.39, 0.29) is 6.10 Å². The molecular weight excluding hydrogens is 140 g/mol. The lowest BCUT2D eigenvalue weighted by molar-refractivity contribution is 0.0913. The summed E-state index contributed by atoms with van der Waals surface area (Å²) in [6.45, 7) is 5.85. The lowest BCUT2D eigenvalue weighted by Crippen LogP contribution is -2.19. The largest absolute Gasteiger partial charge is 0.393 e. The number of hydrogen-bond acceptors (Lipinski definition) is 2. The van der Waals surface area contributed by atoms with Crippen LogP contribution in [0.2, 0.25) is 0 Å². The van der Waals surface area contributed by atoms with E-state index >= 15 is 0 Å². The maximum absolute atomic E-state index is 9.53. The molecule has 0 aliphatic carbocycles. The van der Waals surface area contributed by atoms with E-state index in [0.29, 0.717) is 11.8 Å². The summed E-state index contributed by atoms with van der Waals surface area (Å²) in [7, 11) is 0. The summed E-state index contributed by atoms with van der Waals surface area (Å²) >= 11 is 0. The van der Waals surface area contributed by atoms with Gasteiger partial charge in [-0.3, -0.25) is 0 Å². The van der Waals surface area contributed by atoms with Gasteiger partial charge >= 0.3 is 0 Å². The topological polar surface area (TPSA) is 29.5 Å². The lowest BCUT2D eigenvalue weighted by Gasteiger charge is -2.17. The fraction of sp³-hybridized carbons (Fsp3) is 1.00. The van der Waals surface area contributed by atoms with E-state index < -0.39 is 0 Å². The van der Waals surface area contributed by atoms with Gasteiger partial charge in [0.25, 0.3) is 0 Å². The van der Waals surface area contributed by atoms with Crippen LogP contribution >= 0.6 is 0 Å². The van der Waals surface area contributed by atoms with Crippen molar-refractivity contribution in [1.29, 1.82) is 0 Å². The fourth-order valence-electron chi connectivity index (χ4n) is 1.38. The van der Waals surface area contributed by atoms with Crippen molar-refractivity contribution in [1.82, 2.24) is 0 Å². The van der Waals surface area contributed by atoms with E-state index in [2.05, 4.69) is 13.8 Å². The van der Waals surface area contributed by atoms with Gasteiger partial charge in [-0.25, -0.2) is 0 Å². The minimum absolute atomic E-state index is 0.137. The first kappa shape index (κ1) is 9.01. The summed E-state index contributed by atoms with van der Waals surface area (Å²) in [4.78, 5) is 0. The van der Waals surface area contributed by atoms with Gasteiger partial charge in [-0.15, -0.1) is 0 Å². The van der Waals surface area contributed by atoms with E-state index in [1.807, 2.05) is 0 Å². The summed E-state index contributed by atoms with van der Waals surface area (Å²) < 4.78 is 5.23. The number of rotatable bonds is 3. The van der Waals surface area contributed by atoms with Gasteiger partial charge in [-0.2, -0.15) is 0 Å². The molecule has 1 aliphatic heterocycles. The summed E-state index contributed by atoms with van der Waals surface area (Å²) in [6, 6.07) is 0. The van der Waals surface area contributed by atoms with Crippen molar-refractivity contribution in [2.45, 2.75) is 32.8 Å². The monoisotopic (exact) mass is 158 g/mol. The van der Waals surface area contributed by atoms with E-state index in [1.165, 1.54) is 0 Å². The Kier molecular flexibility index (Phi) is 3.34. The molecule has 1 heterocycles. The first-order valence-corrected chi connectivity index (χ1v) is 4.46. The van der Waals surface area contributed by atoms with Gasteiger partial charge in [-0.1, -0.05) is 13.8 Å². The summed E-state index contributed by atoms with van der Waals surface area (Å²) in [6.07, 6.45) is 1.91. The second-order valence-electron chi connectivity index (χ2n) is 3.78. The highest BCUT2D eigenvalue weighted by atomic mass is 16.5. The van der Waals surface area contributed by atoms with Gasteiger partial charge in [0.15, 0.2) is 0 Å². The van der Waals surface area contributed by atoms with Gasteiger partial charge in [0, 0.05) is 13.2 Å². The molecule has 0 saturated carbocycles. The average molecular weight is 158 g/mol. The molecule has 66 valence electrons. The number of hydrogen-bond donors (Lipinski definition) is 1. The van der Waals surface area contributed by atoms with E-state index in [1.54, 1.807) is 0 Å². The zero-order chi connectivity index (χ0) is 8.27. The predicted molar refractivity (Wildman–Crippen MR) is 44.4 cm³/mol. The second-order valence-corrected chi connectivity index (χ2v) is 3.78. The maximum atomic E-state index is 9.53. The van der Waals surface area contributed by atoms with Crippen LogP contribution in [0.25, 0.3) is 0 Å². The molecule has 0 bridgehead atoms. The van der Waals surface area contributed by atoms with Crippen molar-refractivity contribution in [2.24, 2.45) is 11.8 Å². The van der Waals surface area contributed by atoms with Crippen LogP contribution in [0.3, 0.4) is 0 Å². The SMILES string of the molecule is CC(C)C(O)CC1CCOC1. The minimum Gasteiger partial charge on any atom is -0.393 e. The lowest BCUT2D eigenvalue weighted by atomic mass is 9.95. The molecule has 0 spiro atoms. The van der Waals surface area contributed by atoms with Crippen LogP contribution in [0.15, 0.2) is 0 Å². The van der Waals surface area contributed by atoms with Crippen LogP contribution in [0.5, 0.6) is 0 Å². The number of aliphatic hydroxyl groups excluding tert-OH is 1. The highest BCUT2D eigenvalue weighted by Crippen LogP contribution is 2.20. The molecule has 0 amide bonds. The fourth-order valence-corrected chi connectivity index (χ4v) is 1.38. The van der Waals surface area contributed by atoms with Crippen LogP contribution in [-0.4, -0.2) is 24.4 Å². The molecule has 1 rings (SSSR count). The zero-order valence-corrected chi connectivity index (χ0v) is 7.42. The summed E-state index contributed by atoms with van der Waals surface area (Å²) in [5.74, 6) is 0.989. The van der Waals surface area contributed by atoms with Crippen molar-refractivity contribution >= 4 is 0 Å². The van der Waals surface area contributed by atoms with Crippen molar-refractivity contribution < 1.29 is 9.84 Å². The van der Waals surface area contributed by atoms with Crippen LogP contribution in [0.4, 0.5) is 0 Å². The first-order chi connectivity index (χ1) is 5.20. The molecule has 0 radical (unpaired) electrons. The average Bonchev–Trinajstić information content (AvgIpc) is 2.39. The Bertz CT molecular complexity index is 106. The van der Waals surface area contributed by atoms with Gasteiger partial charge in [0.2, 0.25) is 0 Å². The third kappa shape index (κ3) is 2.80. The molecule has 1 N–H and O–H groups in total. The van der Waals surface area contributed by atoms with Gasteiger partial charge in [-0.05, 0) is 24.7 Å². The third-order valence-corrected chi connectivity index (χ3v) is 2.37. The summed E-state index contributed by atoms with van der Waals surface area (Å²) in [5.41, 5.74) is 0. The molecule has 0 aromatic heterocycles. The first-order valence-electron chi connectivity index (χ1n) is 4.46. The van der Waals surface area contributed by atoms with Crippen LogP contribution < -0.4 is 0 Å². The molecular formula is C9H18O2. The molecule has 2 unspecified atom stereocenters. The van der Waals surface area contributed by atoms with Crippen molar-refractivity contribution in [3.63, 3.8) is 0 Å². The Balaban J connectivity index is 2.18. The van der Waals surface area contributed by atoms with Crippen LogP contribution in [0.1, 0.15) is 26.7 Å². The van der Waals surface area contributed by atoms with E-state index in [4.69, 9.17) is 4.74 Å². The predicted octanol–water partition coefficient (Wildman–Crippen LogP) is 1.43. The molecule has 1 fully saturated rings. The highest BCUT2D eigenvalue weighted by Gasteiger charge is 2.20. The number of ether oxygens (including phenoxy) is 1. The Morgan fingerprint density at radius 3 is 2.73 bits per heavy atom. The molecule has 0 aromatic carbocycles. The normalized spacial score (nSPS) is 27.8. The van der Waals surface area contributed by atoms with Crippen molar-refractivity contribution in [2.75, 3.05) is 13.2 Å². The van der Waals surface area contributed by atoms with Crippen LogP contribution in [-0.2, 0) is 4.74 Å². The van der Waals surface area contributed by atoms with Crippen molar-refractivity contribution in [3.8, 4) is 0 Å². The Labute approximate surface area is 68.6 Å². The second kappa shape index (κ2) is 4.07. The molecule has 2 atom stereocenters. The number of aliphatic hydroxyl groups is 1. The third-order valence-electron chi connectivity index (χ3n) is 2.37. The minimum atomic E-state index is -0.137. The Morgan fingerprint density at radius 1 is 1.55 bits per heavy atom.